The lowest BCUT2D eigenvalue weighted by atomic mass is 9.42. The summed E-state index contributed by atoms with van der Waals surface area (Å²) in [6.45, 7) is 3.52. The largest absolute Gasteiger partial charge is 0.493 e. The van der Waals surface area contributed by atoms with Crippen molar-refractivity contribution in [1.29, 1.82) is 0 Å². The van der Waals surface area contributed by atoms with E-state index in [1.54, 1.807) is 7.11 Å². The molecule has 4 bridgehead atoms. The number of methoxy groups -OCH3 is 1. The molecule has 2 aromatic rings. The maximum Gasteiger partial charge on any atom is 0.225 e. The highest BCUT2D eigenvalue weighted by molar-refractivity contribution is 5.63. The fraction of sp³-hybridized carbons (Fsp3) is 0.630. The number of hydrogen-bond donors (Lipinski definition) is 0. The lowest BCUT2D eigenvalue weighted by molar-refractivity contribution is -0.124. The van der Waals surface area contributed by atoms with E-state index in [2.05, 4.69) is 31.9 Å². The van der Waals surface area contributed by atoms with Crippen molar-refractivity contribution in [2.45, 2.75) is 68.5 Å². The van der Waals surface area contributed by atoms with E-state index in [9.17, 15) is 0 Å². The Hall–Kier alpha value is -2.34. The van der Waals surface area contributed by atoms with Crippen molar-refractivity contribution in [2.24, 2.45) is 11.3 Å². The molecule has 3 aliphatic carbocycles. The van der Waals surface area contributed by atoms with Crippen LogP contribution in [-0.2, 0) is 11.8 Å². The first kappa shape index (κ1) is 19.0. The van der Waals surface area contributed by atoms with Crippen molar-refractivity contribution in [3.63, 3.8) is 0 Å². The van der Waals surface area contributed by atoms with Crippen LogP contribution in [0.3, 0.4) is 0 Å². The number of nitrogens with zero attached hydrogens (tertiary/aromatic N) is 4. The average molecular weight is 445 g/mol. The highest BCUT2D eigenvalue weighted by Crippen LogP contribution is 2.71. The quantitative estimate of drug-likeness (QED) is 0.719. The molecule has 6 heteroatoms. The molecule has 33 heavy (non-hydrogen) atoms. The molecule has 0 N–H and O–H groups in total. The maximum absolute atomic E-state index is 7.05. The molecule has 0 radical (unpaired) electrons. The second-order valence-electron chi connectivity index (χ2n) is 11.3. The first-order valence-corrected chi connectivity index (χ1v) is 12.9. The van der Waals surface area contributed by atoms with Gasteiger partial charge in [0, 0.05) is 47.9 Å². The van der Waals surface area contributed by atoms with E-state index in [1.165, 1.54) is 56.3 Å². The van der Waals surface area contributed by atoms with Gasteiger partial charge in [0.15, 0.2) is 11.5 Å². The summed E-state index contributed by atoms with van der Waals surface area (Å²) in [6.07, 6.45) is 12.7. The summed E-state index contributed by atoms with van der Waals surface area (Å²) in [5, 5.41) is 0. The molecule has 1 aromatic heterocycles. The minimum Gasteiger partial charge on any atom is -0.493 e. The van der Waals surface area contributed by atoms with Crippen molar-refractivity contribution < 1.29 is 9.47 Å². The van der Waals surface area contributed by atoms with Crippen molar-refractivity contribution in [1.82, 2.24) is 14.9 Å². The Labute approximate surface area is 195 Å². The summed E-state index contributed by atoms with van der Waals surface area (Å²) in [7, 11) is 1.78. The predicted octanol–water partition coefficient (Wildman–Crippen LogP) is 3.58. The highest BCUT2D eigenvalue weighted by Gasteiger charge is 2.74. The Kier molecular flexibility index (Phi) is 3.69. The molecule has 9 rings (SSSR count). The van der Waals surface area contributed by atoms with Crippen LogP contribution >= 0.6 is 0 Å². The minimum absolute atomic E-state index is 0.0849. The van der Waals surface area contributed by atoms with Crippen molar-refractivity contribution in [3.05, 3.63) is 41.7 Å². The molecule has 5 fully saturated rings. The van der Waals surface area contributed by atoms with Crippen LogP contribution in [0.2, 0.25) is 0 Å². The van der Waals surface area contributed by atoms with Crippen LogP contribution in [-0.4, -0.2) is 59.8 Å². The van der Waals surface area contributed by atoms with Gasteiger partial charge < -0.3 is 14.4 Å². The van der Waals surface area contributed by atoms with Gasteiger partial charge in [0.1, 0.15) is 6.10 Å². The normalized spacial score (nSPS) is 38.0. The molecule has 2 saturated carbocycles. The van der Waals surface area contributed by atoms with Crippen molar-refractivity contribution in [3.8, 4) is 11.5 Å². The SMILES string of the molecule is COc1ccc2c3c1O[C@H]1[C@H]4CC[C@@]5(CCN4c4ncccn4)[C@@H](C2)N(CC2CC2)CC[C@]315. The Balaban J connectivity index is 1.34. The second-order valence-corrected chi connectivity index (χ2v) is 11.3. The second kappa shape index (κ2) is 6.41. The summed E-state index contributed by atoms with van der Waals surface area (Å²) in [6, 6.07) is 7.33. The van der Waals surface area contributed by atoms with Gasteiger partial charge in [0.25, 0.3) is 0 Å². The first-order chi connectivity index (χ1) is 16.2. The van der Waals surface area contributed by atoms with E-state index in [0.29, 0.717) is 12.1 Å². The van der Waals surface area contributed by atoms with Gasteiger partial charge in [-0.05, 0) is 75.1 Å². The smallest absolute Gasteiger partial charge is 0.225 e. The number of anilines is 1. The molecule has 4 aliphatic heterocycles. The van der Waals surface area contributed by atoms with Crippen LogP contribution < -0.4 is 14.4 Å². The standard InChI is InChI=1S/C27H32N4O2/c1-32-20-6-5-18-15-21-26-8-7-19(31(14-9-26)25-28-11-2-12-29-25)24-27(26,22(18)23(20)33-24)10-13-30(21)16-17-3-4-17/h2,5-6,11-12,17,19,21,24H,3-4,7-10,13-16H2,1H3/t19-,21-,24+,26-,27+/m1/s1. The van der Waals surface area contributed by atoms with Gasteiger partial charge in [-0.25, -0.2) is 9.97 Å². The zero-order valence-corrected chi connectivity index (χ0v) is 19.4. The third-order valence-corrected chi connectivity index (χ3v) is 10.2. The number of hydrogen-bond acceptors (Lipinski definition) is 6. The first-order valence-electron chi connectivity index (χ1n) is 12.9. The Morgan fingerprint density at radius 2 is 1.97 bits per heavy atom. The Morgan fingerprint density at radius 3 is 2.79 bits per heavy atom. The van der Waals surface area contributed by atoms with E-state index < -0.39 is 0 Å². The zero-order chi connectivity index (χ0) is 21.8. The van der Waals surface area contributed by atoms with E-state index in [-0.39, 0.29) is 16.9 Å². The van der Waals surface area contributed by atoms with E-state index >= 15 is 0 Å². The number of piperidine rings is 1. The van der Waals surface area contributed by atoms with Crippen LogP contribution in [0.15, 0.2) is 30.6 Å². The van der Waals surface area contributed by atoms with Crippen molar-refractivity contribution in [2.75, 3.05) is 31.6 Å². The molecule has 3 saturated heterocycles. The van der Waals surface area contributed by atoms with Gasteiger partial charge in [-0.3, -0.25) is 4.90 Å². The van der Waals surface area contributed by atoms with Gasteiger partial charge >= 0.3 is 0 Å². The minimum atomic E-state index is 0.0849. The average Bonchev–Trinajstić information content (AvgIpc) is 3.64. The third kappa shape index (κ3) is 2.24. The van der Waals surface area contributed by atoms with E-state index in [4.69, 9.17) is 9.47 Å². The number of rotatable bonds is 4. The molecular formula is C27H32N4O2. The zero-order valence-electron chi connectivity index (χ0n) is 19.4. The number of fused-ring (bicyclic) bond motifs is 3. The number of ether oxygens (including phenoxy) is 2. The molecule has 1 aromatic carbocycles. The van der Waals surface area contributed by atoms with Crippen LogP contribution in [0.1, 0.15) is 49.7 Å². The van der Waals surface area contributed by atoms with Gasteiger partial charge in [-0.1, -0.05) is 6.07 Å². The molecule has 172 valence electrons. The summed E-state index contributed by atoms with van der Waals surface area (Å²) in [5.74, 6) is 3.74. The number of benzene rings is 1. The fourth-order valence-corrected chi connectivity index (χ4v) is 8.83. The molecule has 0 amide bonds. The van der Waals surface area contributed by atoms with Crippen LogP contribution in [0.25, 0.3) is 0 Å². The summed E-state index contributed by atoms with van der Waals surface area (Å²) >= 11 is 0. The number of aromatic nitrogens is 2. The van der Waals surface area contributed by atoms with Crippen LogP contribution in [0, 0.1) is 11.3 Å². The maximum atomic E-state index is 7.05. The van der Waals surface area contributed by atoms with Crippen LogP contribution in [0.4, 0.5) is 5.95 Å². The predicted molar refractivity (Wildman–Crippen MR) is 125 cm³/mol. The molecule has 0 unspecified atom stereocenters. The third-order valence-electron chi connectivity index (χ3n) is 10.2. The molecule has 5 heterocycles. The van der Waals surface area contributed by atoms with Gasteiger partial charge in [0.05, 0.1) is 13.2 Å². The molecule has 6 nitrogen and oxygen atoms in total. The molecule has 5 atom stereocenters. The summed E-state index contributed by atoms with van der Waals surface area (Å²) in [4.78, 5) is 14.8. The lowest BCUT2D eigenvalue weighted by Crippen LogP contribution is -2.72. The topological polar surface area (TPSA) is 50.7 Å². The molecular weight excluding hydrogens is 412 g/mol. The van der Waals surface area contributed by atoms with Crippen molar-refractivity contribution >= 4 is 5.95 Å². The molecule has 2 spiro atoms. The Bertz CT molecular complexity index is 1120. The van der Waals surface area contributed by atoms with Crippen LogP contribution in [0.5, 0.6) is 11.5 Å². The highest BCUT2D eigenvalue weighted by atomic mass is 16.5. The summed E-state index contributed by atoms with van der Waals surface area (Å²) < 4.78 is 12.9. The Morgan fingerprint density at radius 1 is 1.09 bits per heavy atom. The fourth-order valence-electron chi connectivity index (χ4n) is 8.83. The monoisotopic (exact) mass is 444 g/mol. The van der Waals surface area contributed by atoms with E-state index in [1.807, 2.05) is 18.5 Å². The van der Waals surface area contributed by atoms with Gasteiger partial charge in [0.2, 0.25) is 5.95 Å². The number of likely N-dealkylation sites (tertiary alicyclic amines) is 1. The van der Waals surface area contributed by atoms with Gasteiger partial charge in [-0.2, -0.15) is 0 Å². The summed E-state index contributed by atoms with van der Waals surface area (Å²) in [5.41, 5.74) is 3.37. The lowest BCUT2D eigenvalue weighted by Gasteiger charge is -2.66. The van der Waals surface area contributed by atoms with E-state index in [0.717, 1.165) is 42.8 Å². The molecule has 7 aliphatic rings. The van der Waals surface area contributed by atoms with Gasteiger partial charge in [-0.15, -0.1) is 0 Å².